The van der Waals surface area contributed by atoms with Crippen LogP contribution in [0.1, 0.15) is 39.0 Å². The van der Waals surface area contributed by atoms with Crippen LogP contribution in [0.25, 0.3) is 0 Å². The molecule has 1 rings (SSSR count). The van der Waals surface area contributed by atoms with Gasteiger partial charge in [0.1, 0.15) is 5.78 Å². The quantitative estimate of drug-likeness (QED) is 0.643. The molecule has 0 amide bonds. The molecule has 1 fully saturated rings. The predicted molar refractivity (Wildman–Crippen MR) is 46.4 cm³/mol. The lowest BCUT2D eigenvalue weighted by atomic mass is 9.89. The highest BCUT2D eigenvalue weighted by Gasteiger charge is 2.27. The van der Waals surface area contributed by atoms with Crippen molar-refractivity contribution in [2.45, 2.75) is 39.0 Å². The van der Waals surface area contributed by atoms with Crippen molar-refractivity contribution >= 4 is 5.78 Å². The Labute approximate surface area is 73.6 Å². The summed E-state index contributed by atoms with van der Waals surface area (Å²) >= 11 is 0. The smallest absolute Gasteiger partial charge is 0.130 e. The van der Waals surface area contributed by atoms with Crippen molar-refractivity contribution in [1.82, 2.24) is 0 Å². The van der Waals surface area contributed by atoms with Crippen LogP contribution in [-0.2, 0) is 4.79 Å². The molecule has 0 heterocycles. The number of rotatable bonds is 3. The van der Waals surface area contributed by atoms with Crippen molar-refractivity contribution in [2.75, 3.05) is 0 Å². The van der Waals surface area contributed by atoms with Crippen LogP contribution in [0.3, 0.4) is 0 Å². The maximum atomic E-state index is 10.9. The lowest BCUT2D eigenvalue weighted by Gasteiger charge is -2.14. The molecule has 0 bridgehead atoms. The fraction of sp³-hybridized carbons (Fsp3) is 0.800. The number of ketones is 1. The van der Waals surface area contributed by atoms with Crippen molar-refractivity contribution in [3.63, 3.8) is 0 Å². The van der Waals surface area contributed by atoms with Gasteiger partial charge < -0.3 is 4.79 Å². The minimum atomic E-state index is 0.268. The second kappa shape index (κ2) is 4.25. The molecule has 0 aliphatic heterocycles. The Morgan fingerprint density at radius 1 is 1.50 bits per heavy atom. The molecule has 0 spiro atoms. The normalized spacial score (nSPS) is 28.3. The summed E-state index contributed by atoms with van der Waals surface area (Å²) in [7, 11) is 0. The highest BCUT2D eigenvalue weighted by Crippen LogP contribution is 2.35. The Morgan fingerprint density at radius 2 is 2.17 bits per heavy atom. The third kappa shape index (κ3) is 2.34. The zero-order valence-corrected chi connectivity index (χ0v) is 7.55. The van der Waals surface area contributed by atoms with Crippen LogP contribution in [-0.4, -0.2) is 5.78 Å². The van der Waals surface area contributed by atoms with Gasteiger partial charge in [0.2, 0.25) is 0 Å². The Morgan fingerprint density at radius 3 is 2.75 bits per heavy atom. The molecule has 0 aromatic carbocycles. The topological polar surface area (TPSA) is 40.9 Å². The number of nitrogens with zero attached hydrogens (tertiary/aromatic N) is 1. The first kappa shape index (κ1) is 9.25. The molecule has 2 heteroatoms. The van der Waals surface area contributed by atoms with Crippen molar-refractivity contribution in [3.05, 3.63) is 0 Å². The molecule has 2 nitrogen and oxygen atoms in total. The van der Waals surface area contributed by atoms with E-state index in [0.29, 0.717) is 24.7 Å². The van der Waals surface area contributed by atoms with Gasteiger partial charge in [-0.2, -0.15) is 5.26 Å². The molecule has 1 saturated carbocycles. The van der Waals surface area contributed by atoms with Gasteiger partial charge in [-0.25, -0.2) is 0 Å². The molecule has 1 aliphatic carbocycles. The Balaban J connectivity index is 2.41. The summed E-state index contributed by atoms with van der Waals surface area (Å²) in [4.78, 5) is 10.9. The van der Waals surface area contributed by atoms with Crippen LogP contribution in [0.15, 0.2) is 0 Å². The highest BCUT2D eigenvalue weighted by molar-refractivity contribution is 5.75. The van der Waals surface area contributed by atoms with Gasteiger partial charge in [0.25, 0.3) is 0 Å². The molecular weight excluding hydrogens is 150 g/mol. The molecule has 0 aromatic heterocycles. The fourth-order valence-electron chi connectivity index (χ4n) is 2.14. The molecule has 0 radical (unpaired) electrons. The van der Waals surface area contributed by atoms with E-state index >= 15 is 0 Å². The predicted octanol–water partition coefficient (Wildman–Crippen LogP) is 2.30. The summed E-state index contributed by atoms with van der Waals surface area (Å²) in [5, 5.41) is 8.54. The van der Waals surface area contributed by atoms with E-state index in [1.54, 1.807) is 6.92 Å². The van der Waals surface area contributed by atoms with Gasteiger partial charge in [0.05, 0.1) is 6.07 Å². The monoisotopic (exact) mass is 165 g/mol. The van der Waals surface area contributed by atoms with Crippen LogP contribution >= 0.6 is 0 Å². The van der Waals surface area contributed by atoms with Crippen LogP contribution in [0.4, 0.5) is 0 Å². The van der Waals surface area contributed by atoms with E-state index < -0.39 is 0 Å². The Hall–Kier alpha value is -0.840. The Bertz CT molecular complexity index is 204. The SMILES string of the molecule is CC(=O)C[C@@H]1CCC[C@H]1CC#N. The van der Waals surface area contributed by atoms with E-state index in [1.165, 1.54) is 6.42 Å². The summed E-state index contributed by atoms with van der Waals surface area (Å²) in [6.07, 6.45) is 4.81. The van der Waals surface area contributed by atoms with Gasteiger partial charge in [0, 0.05) is 12.8 Å². The molecule has 2 atom stereocenters. The molecule has 0 aromatic rings. The zero-order valence-electron chi connectivity index (χ0n) is 7.55. The molecule has 12 heavy (non-hydrogen) atoms. The lowest BCUT2D eigenvalue weighted by molar-refractivity contribution is -0.118. The number of Topliss-reactive ketones (excluding diaryl/α,β-unsaturated/α-hetero) is 1. The minimum Gasteiger partial charge on any atom is -0.300 e. The van der Waals surface area contributed by atoms with Crippen LogP contribution in [0.2, 0.25) is 0 Å². The van der Waals surface area contributed by atoms with Crippen molar-refractivity contribution in [1.29, 1.82) is 5.26 Å². The van der Waals surface area contributed by atoms with E-state index in [4.69, 9.17) is 5.26 Å². The van der Waals surface area contributed by atoms with Crippen LogP contribution in [0, 0.1) is 23.2 Å². The molecule has 66 valence electrons. The average Bonchev–Trinajstić information content (AvgIpc) is 2.37. The number of hydrogen-bond acceptors (Lipinski definition) is 2. The summed E-state index contributed by atoms with van der Waals surface area (Å²) in [6, 6.07) is 2.20. The van der Waals surface area contributed by atoms with Crippen molar-refractivity contribution in [3.8, 4) is 6.07 Å². The number of hydrogen-bond donors (Lipinski definition) is 0. The molecule has 0 N–H and O–H groups in total. The third-order valence-electron chi connectivity index (χ3n) is 2.72. The second-order valence-electron chi connectivity index (χ2n) is 3.72. The summed E-state index contributed by atoms with van der Waals surface area (Å²) in [5.74, 6) is 1.27. The first-order valence-electron chi connectivity index (χ1n) is 4.60. The maximum Gasteiger partial charge on any atom is 0.130 e. The molecule has 0 unspecified atom stereocenters. The second-order valence-corrected chi connectivity index (χ2v) is 3.72. The van der Waals surface area contributed by atoms with Gasteiger partial charge in [-0.1, -0.05) is 6.42 Å². The van der Waals surface area contributed by atoms with Gasteiger partial charge in [-0.15, -0.1) is 0 Å². The summed E-state index contributed by atoms with van der Waals surface area (Å²) < 4.78 is 0. The summed E-state index contributed by atoms with van der Waals surface area (Å²) in [5.41, 5.74) is 0. The van der Waals surface area contributed by atoms with E-state index in [-0.39, 0.29) is 5.78 Å². The maximum absolute atomic E-state index is 10.9. The average molecular weight is 165 g/mol. The van der Waals surface area contributed by atoms with Crippen LogP contribution < -0.4 is 0 Å². The number of carbonyl (C=O) groups is 1. The van der Waals surface area contributed by atoms with Gasteiger partial charge in [-0.3, -0.25) is 0 Å². The zero-order chi connectivity index (χ0) is 8.97. The fourth-order valence-corrected chi connectivity index (χ4v) is 2.14. The van der Waals surface area contributed by atoms with E-state index in [1.807, 2.05) is 0 Å². The van der Waals surface area contributed by atoms with E-state index in [0.717, 1.165) is 12.8 Å². The third-order valence-corrected chi connectivity index (χ3v) is 2.72. The minimum absolute atomic E-state index is 0.268. The molecule has 1 aliphatic rings. The van der Waals surface area contributed by atoms with Crippen molar-refractivity contribution < 1.29 is 4.79 Å². The number of nitriles is 1. The Kier molecular flexibility index (Phi) is 3.28. The van der Waals surface area contributed by atoms with Crippen molar-refractivity contribution in [2.24, 2.45) is 11.8 Å². The van der Waals surface area contributed by atoms with Crippen LogP contribution in [0.5, 0.6) is 0 Å². The van der Waals surface area contributed by atoms with Gasteiger partial charge in [0.15, 0.2) is 0 Å². The highest BCUT2D eigenvalue weighted by atomic mass is 16.1. The molecular formula is C10H15NO. The lowest BCUT2D eigenvalue weighted by Crippen LogP contribution is -2.10. The first-order chi connectivity index (χ1) is 5.74. The molecule has 0 saturated heterocycles. The van der Waals surface area contributed by atoms with Gasteiger partial charge >= 0.3 is 0 Å². The van der Waals surface area contributed by atoms with E-state index in [2.05, 4.69) is 6.07 Å². The van der Waals surface area contributed by atoms with E-state index in [9.17, 15) is 4.79 Å². The first-order valence-corrected chi connectivity index (χ1v) is 4.60. The van der Waals surface area contributed by atoms with Gasteiger partial charge in [-0.05, 0) is 31.6 Å². The largest absolute Gasteiger partial charge is 0.300 e. The standard InChI is InChI=1S/C10H15NO/c1-8(12)7-10-4-2-3-9(10)5-6-11/h9-10H,2-5,7H2,1H3/t9-,10-/m0/s1. The number of carbonyl (C=O) groups excluding carboxylic acids is 1. The summed E-state index contributed by atoms with van der Waals surface area (Å²) in [6.45, 7) is 1.64.